The lowest BCUT2D eigenvalue weighted by atomic mass is 9.47. The highest BCUT2D eigenvalue weighted by Gasteiger charge is 2.59. The van der Waals surface area contributed by atoms with Crippen molar-refractivity contribution in [2.75, 3.05) is 45.8 Å². The number of esters is 1. The number of nitrogens with one attached hydrogen (secondary N) is 4. The zero-order chi connectivity index (χ0) is 105. The van der Waals surface area contributed by atoms with Gasteiger partial charge >= 0.3 is 5.97 Å². The summed E-state index contributed by atoms with van der Waals surface area (Å²) in [4.78, 5) is 135. The van der Waals surface area contributed by atoms with Crippen LogP contribution >= 0.6 is 0 Å². The summed E-state index contributed by atoms with van der Waals surface area (Å²) in [5.74, 6) is 1.60. The number of hydrogen-bond donors (Lipinski definition) is 16. The molecular weight excluding hydrogens is 1800 g/mol. The number of amides is 4. The van der Waals surface area contributed by atoms with E-state index in [1.165, 1.54) is 192 Å². The van der Waals surface area contributed by atoms with Crippen LogP contribution in [0.1, 0.15) is 459 Å². The molecule has 3 fully saturated rings. The highest BCUT2D eigenvalue weighted by atomic mass is 16.5. The Bertz CT molecular complexity index is 3720. The number of rotatable bonds is 86. The fourth-order valence-electron chi connectivity index (χ4n) is 22.2. The lowest BCUT2D eigenvalue weighted by molar-refractivity contribution is -0.151. The SMILES string of the molecule is CC(C)CCCC(C)C1CCC2C3CC=C4CC(OC(=O)CCCCNC(=O)C(CCCCNC(=O)C(N)CCCN=C(N)N)CC(=O)C(N)CCCN=C(N)N)CCC4(C)C3CCC12C.CCCCCCCC/C=C/CCCCCCCCCC(=O)CCC(NC(=O)C(CCCCNC(=O)C(N)CCCN=C(N)N)CC(=O)C(N)CCCN=C(N)N)C(=O)CCCCCCCCC/C=C/CCCCCCCC. The number of allylic oxidation sites excluding steroid dienone is 5. The van der Waals surface area contributed by atoms with E-state index in [-0.39, 0.29) is 108 Å². The molecule has 0 aliphatic heterocycles. The first-order valence-electron chi connectivity index (χ1n) is 57.3. The van der Waals surface area contributed by atoms with Gasteiger partial charge < -0.3 is 94.8 Å². The standard InChI is InChI=1S/C62H118N10O5.C51H92N10O5/c1-3-5-7-9-11-13-15-17-19-21-23-25-27-29-31-33-35-42-53(73)46-47-56(57(74)45-36-34-32-30-28-26-24-22-20-18-16-14-12-10-8-6-4-2)72-59(76)52(51-58(75)54(63)43-39-49-70-61(65)66)41-37-38-48-69-60(77)55(64)44-40-50-71-62(67)68;1-33(2)13-10-14-34(3)39-21-22-40-38-20-19-36-32-37(23-25-50(36,4)41(38)24-26-51(39,40)5)66-45(63)18-7-9-27-58-46(64)35(31-44(62)42(52)16-11-29-60-48(54)55)15-6-8-28-59-47(65)43(53)17-12-30-61-49(56)57/h17-20,52,54-56H,3-16,21-51,63-64H2,1-2H3,(H,69,77)(H,72,76)(H4,65,66,70)(H4,67,68,71);19,33-35,37-43H,6-18,20-32,52-53H2,1-5H3,(H,58,64)(H,59,65)(H4,54,55,60)(H4,56,57,61)/b19-17+,20-18+;. The lowest BCUT2D eigenvalue weighted by Gasteiger charge is -2.58. The van der Waals surface area contributed by atoms with E-state index in [0.717, 1.165) is 113 Å². The second kappa shape index (κ2) is 79.3. The average molecular weight is 2010 g/mol. The zero-order valence-electron chi connectivity index (χ0n) is 91.0. The van der Waals surface area contributed by atoms with Crippen LogP contribution in [0.2, 0.25) is 0 Å². The number of ketones is 4. The minimum Gasteiger partial charge on any atom is -0.462 e. The predicted molar refractivity (Wildman–Crippen MR) is 590 cm³/mol. The van der Waals surface area contributed by atoms with Crippen molar-refractivity contribution in [2.45, 2.75) is 496 Å². The Labute approximate surface area is 865 Å². The number of unbranched alkanes of at least 4 members (excludes halogenated alkanes) is 29. The maximum Gasteiger partial charge on any atom is 0.306 e. The van der Waals surface area contributed by atoms with Crippen molar-refractivity contribution in [3.63, 3.8) is 0 Å². The Morgan fingerprint density at radius 3 is 1.24 bits per heavy atom. The van der Waals surface area contributed by atoms with Crippen LogP contribution in [0.25, 0.3) is 0 Å². The van der Waals surface area contributed by atoms with Crippen molar-refractivity contribution in [3.05, 3.63) is 36.0 Å². The van der Waals surface area contributed by atoms with Crippen LogP contribution in [0.4, 0.5) is 0 Å². The van der Waals surface area contributed by atoms with Gasteiger partial charge in [-0.2, -0.15) is 0 Å². The van der Waals surface area contributed by atoms with Crippen LogP contribution in [-0.2, 0) is 47.9 Å². The summed E-state index contributed by atoms with van der Waals surface area (Å²) in [6.07, 6.45) is 70.8. The average Bonchev–Trinajstić information content (AvgIpc) is 1.62. The van der Waals surface area contributed by atoms with Gasteiger partial charge in [-0.25, -0.2) is 0 Å². The van der Waals surface area contributed by atoms with Gasteiger partial charge in [-0.3, -0.25) is 63.1 Å². The molecule has 0 aromatic rings. The molecule has 0 spiro atoms. The van der Waals surface area contributed by atoms with Gasteiger partial charge in [0.25, 0.3) is 0 Å². The molecule has 4 aliphatic carbocycles. The van der Waals surface area contributed by atoms with Crippen molar-refractivity contribution in [1.29, 1.82) is 0 Å². The Morgan fingerprint density at radius 2 is 0.797 bits per heavy atom. The number of fused-ring (bicyclic) bond motifs is 5. The molecule has 0 aromatic heterocycles. The molecule has 0 aromatic carbocycles. The third kappa shape index (κ3) is 59.1. The summed E-state index contributed by atoms with van der Waals surface area (Å²) in [5.41, 5.74) is 70.0. The Balaban J connectivity index is 0.000000742. The van der Waals surface area contributed by atoms with Crippen LogP contribution in [-0.4, -0.2) is 159 Å². The molecule has 4 aliphatic rings. The topological polar surface area (TPSA) is 573 Å². The van der Waals surface area contributed by atoms with E-state index in [1.807, 2.05) is 0 Å². The molecule has 3 saturated carbocycles. The third-order valence-electron chi connectivity index (χ3n) is 31.0. The van der Waals surface area contributed by atoms with Crippen molar-refractivity contribution in [1.82, 2.24) is 21.3 Å². The van der Waals surface area contributed by atoms with E-state index >= 15 is 0 Å². The Morgan fingerprint density at radius 1 is 0.392 bits per heavy atom. The van der Waals surface area contributed by atoms with Gasteiger partial charge in [0, 0.05) is 103 Å². The maximum absolute atomic E-state index is 14.2. The summed E-state index contributed by atoms with van der Waals surface area (Å²) in [6.45, 7) is 19.5. The number of hydrogen-bond acceptors (Lipinski definition) is 18. The highest BCUT2D eigenvalue weighted by molar-refractivity contribution is 5.94. The number of aliphatic imine (C=N–C) groups is 4. The smallest absolute Gasteiger partial charge is 0.306 e. The second-order valence-electron chi connectivity index (χ2n) is 43.6. The molecule has 28 N–H and O–H groups in total. The first-order valence-corrected chi connectivity index (χ1v) is 57.3. The number of Topliss-reactive ketones (excluding diaryl/α,β-unsaturated/α-hetero) is 4. The first kappa shape index (κ1) is 129. The molecule has 4 amide bonds. The summed E-state index contributed by atoms with van der Waals surface area (Å²) in [5, 5.41) is 11.7. The molecule has 0 radical (unpaired) electrons. The van der Waals surface area contributed by atoms with Crippen molar-refractivity contribution in [2.24, 2.45) is 147 Å². The quantitative estimate of drug-likeness (QED) is 0.00884. The predicted octanol–water partition coefficient (Wildman–Crippen LogP) is 17.5. The number of nitrogens with zero attached hydrogens (tertiary/aromatic N) is 4. The summed E-state index contributed by atoms with van der Waals surface area (Å²) in [7, 11) is 0. The Kier molecular flexibility index (Phi) is 71.8. The second-order valence-corrected chi connectivity index (χ2v) is 43.6. The highest BCUT2D eigenvalue weighted by Crippen LogP contribution is 2.67. The van der Waals surface area contributed by atoms with Gasteiger partial charge in [-0.05, 0) is 252 Å². The Hall–Kier alpha value is -7.83. The fourth-order valence-corrected chi connectivity index (χ4v) is 22.2. The van der Waals surface area contributed by atoms with E-state index in [9.17, 15) is 43.2 Å². The van der Waals surface area contributed by atoms with Gasteiger partial charge in [0.1, 0.15) is 23.5 Å². The summed E-state index contributed by atoms with van der Waals surface area (Å²) >= 11 is 0. The van der Waals surface area contributed by atoms with Crippen LogP contribution in [0.3, 0.4) is 0 Å². The molecular formula is C113H210N20O10. The van der Waals surface area contributed by atoms with Gasteiger partial charge in [-0.15, -0.1) is 0 Å². The fraction of sp³-hybridized carbons (Fsp3) is 0.832. The molecule has 143 heavy (non-hydrogen) atoms. The molecule has 15 atom stereocenters. The van der Waals surface area contributed by atoms with E-state index in [0.29, 0.717) is 173 Å². The molecule has 30 heteroatoms. The molecule has 30 nitrogen and oxygen atoms in total. The number of nitrogens with two attached hydrogens (primary N) is 12. The number of carbonyl (C=O) groups is 9. The van der Waals surface area contributed by atoms with E-state index < -0.39 is 48.0 Å². The van der Waals surface area contributed by atoms with Gasteiger partial charge in [0.05, 0.1) is 30.2 Å². The van der Waals surface area contributed by atoms with Gasteiger partial charge in [0.15, 0.2) is 29.6 Å². The molecule has 822 valence electrons. The number of guanidine groups is 4. The monoisotopic (exact) mass is 2010 g/mol. The van der Waals surface area contributed by atoms with Crippen molar-refractivity contribution in [3.8, 4) is 0 Å². The molecule has 0 heterocycles. The summed E-state index contributed by atoms with van der Waals surface area (Å²) in [6, 6.07) is -3.77. The van der Waals surface area contributed by atoms with Crippen LogP contribution in [0.15, 0.2) is 55.9 Å². The molecule has 0 saturated heterocycles. The normalized spacial score (nSPS) is 19.7. The summed E-state index contributed by atoms with van der Waals surface area (Å²) < 4.78 is 6.11. The largest absolute Gasteiger partial charge is 0.462 e. The van der Waals surface area contributed by atoms with E-state index in [4.69, 9.17) is 73.5 Å². The van der Waals surface area contributed by atoms with E-state index in [2.05, 4.69) is 120 Å². The third-order valence-corrected chi connectivity index (χ3v) is 31.0. The molecule has 4 rings (SSSR count). The minimum atomic E-state index is -0.829. The van der Waals surface area contributed by atoms with Crippen LogP contribution in [0, 0.1) is 58.2 Å². The van der Waals surface area contributed by atoms with Crippen molar-refractivity contribution >= 4 is 76.6 Å². The first-order chi connectivity index (χ1) is 68.7. The zero-order valence-corrected chi connectivity index (χ0v) is 91.0. The van der Waals surface area contributed by atoms with Gasteiger partial charge in [0.2, 0.25) is 23.6 Å². The lowest BCUT2D eigenvalue weighted by Crippen LogP contribution is -2.51. The molecule has 15 unspecified atom stereocenters. The minimum absolute atomic E-state index is 0.000584. The van der Waals surface area contributed by atoms with E-state index in [1.54, 1.807) is 0 Å². The number of ether oxygens (including phenoxy) is 1. The van der Waals surface area contributed by atoms with Crippen molar-refractivity contribution < 1.29 is 47.9 Å². The molecule has 0 bridgehead atoms. The van der Waals surface area contributed by atoms with Crippen LogP contribution in [0.5, 0.6) is 0 Å². The van der Waals surface area contributed by atoms with Crippen LogP contribution < -0.4 is 90.1 Å². The number of carbonyl (C=O) groups excluding carboxylic acids is 9. The van der Waals surface area contributed by atoms with Gasteiger partial charge in [-0.1, -0.05) is 245 Å². The maximum atomic E-state index is 14.2.